The van der Waals surface area contributed by atoms with E-state index < -0.39 is 5.97 Å². The van der Waals surface area contributed by atoms with E-state index in [0.717, 1.165) is 44.7 Å². The lowest BCUT2D eigenvalue weighted by Crippen LogP contribution is -2.59. The number of nitrogens with one attached hydrogen (secondary N) is 1. The van der Waals surface area contributed by atoms with Gasteiger partial charge in [-0.3, -0.25) is 14.5 Å². The Labute approximate surface area is 183 Å². The first-order valence-corrected chi connectivity index (χ1v) is 11.1. The van der Waals surface area contributed by atoms with Crippen LogP contribution in [0.15, 0.2) is 18.2 Å². The lowest BCUT2D eigenvalue weighted by molar-refractivity contribution is -0.148. The van der Waals surface area contributed by atoms with Crippen LogP contribution in [0.3, 0.4) is 0 Å². The summed E-state index contributed by atoms with van der Waals surface area (Å²) in [6.07, 6.45) is 6.27. The van der Waals surface area contributed by atoms with E-state index in [0.29, 0.717) is 18.7 Å². The summed E-state index contributed by atoms with van der Waals surface area (Å²) in [5.41, 5.74) is 0.780. The van der Waals surface area contributed by atoms with Crippen molar-refractivity contribution in [1.82, 2.24) is 10.2 Å². The van der Waals surface area contributed by atoms with E-state index in [2.05, 4.69) is 10.2 Å². The second-order valence-electron chi connectivity index (χ2n) is 8.33. The van der Waals surface area contributed by atoms with Crippen molar-refractivity contribution in [3.8, 4) is 11.5 Å². The van der Waals surface area contributed by atoms with Crippen molar-refractivity contribution in [2.24, 2.45) is 0 Å². The molecule has 0 aromatic heterocycles. The van der Waals surface area contributed by atoms with E-state index in [1.54, 1.807) is 18.2 Å². The van der Waals surface area contributed by atoms with Gasteiger partial charge in [-0.25, -0.2) is 0 Å². The number of esters is 1. The fourth-order valence-electron chi connectivity index (χ4n) is 4.52. The first kappa shape index (κ1) is 23.3. The Morgan fingerprint density at radius 2 is 1.94 bits per heavy atom. The highest BCUT2D eigenvalue weighted by molar-refractivity contribution is 5.80. The first-order chi connectivity index (χ1) is 15.0. The molecular weight excluding hydrogens is 400 g/mol. The molecule has 1 saturated carbocycles. The average molecular weight is 435 g/mol. The summed E-state index contributed by atoms with van der Waals surface area (Å²) in [7, 11) is 1.48. The summed E-state index contributed by atoms with van der Waals surface area (Å²) >= 11 is 0. The number of hydrogen-bond acceptors (Lipinski definition) is 7. The predicted octanol–water partition coefficient (Wildman–Crippen LogP) is 2.03. The molecule has 0 atom stereocenters. The molecule has 2 N–H and O–H groups in total. The molecule has 172 valence electrons. The van der Waals surface area contributed by atoms with Gasteiger partial charge >= 0.3 is 5.97 Å². The molecule has 1 aromatic carbocycles. The molecule has 8 heteroatoms. The van der Waals surface area contributed by atoms with E-state index in [9.17, 15) is 14.7 Å². The third-order valence-electron chi connectivity index (χ3n) is 6.31. The Hall–Kier alpha value is -2.32. The number of hydrogen-bond donors (Lipinski definition) is 2. The Bertz CT molecular complexity index is 742. The third kappa shape index (κ3) is 6.58. The SMILES string of the molecule is COc1ccc(CCC(=O)OCC(=O)NCC2(N3CCOCC3)CCCCC2)cc1O. The van der Waals surface area contributed by atoms with Crippen LogP contribution in [-0.4, -0.2) is 74.0 Å². The number of methoxy groups -OCH3 is 1. The average Bonchev–Trinajstić information content (AvgIpc) is 2.81. The maximum atomic E-state index is 12.3. The molecule has 8 nitrogen and oxygen atoms in total. The molecule has 2 fully saturated rings. The zero-order valence-electron chi connectivity index (χ0n) is 18.4. The van der Waals surface area contributed by atoms with E-state index in [1.807, 2.05) is 0 Å². The van der Waals surface area contributed by atoms with Crippen LogP contribution in [0.2, 0.25) is 0 Å². The van der Waals surface area contributed by atoms with Gasteiger partial charge in [-0.2, -0.15) is 0 Å². The summed E-state index contributed by atoms with van der Waals surface area (Å²) < 4.78 is 15.6. The van der Waals surface area contributed by atoms with Crippen LogP contribution < -0.4 is 10.1 Å². The molecule has 1 heterocycles. The van der Waals surface area contributed by atoms with Crippen molar-refractivity contribution in [3.63, 3.8) is 0 Å². The Morgan fingerprint density at radius 1 is 1.19 bits per heavy atom. The highest BCUT2D eigenvalue weighted by Crippen LogP contribution is 2.34. The first-order valence-electron chi connectivity index (χ1n) is 11.1. The molecule has 1 amide bonds. The van der Waals surface area contributed by atoms with Gasteiger partial charge in [0.05, 0.1) is 20.3 Å². The van der Waals surface area contributed by atoms with Crippen LogP contribution in [0.1, 0.15) is 44.1 Å². The van der Waals surface area contributed by atoms with E-state index in [-0.39, 0.29) is 30.2 Å². The largest absolute Gasteiger partial charge is 0.504 e. The molecule has 2 aliphatic rings. The van der Waals surface area contributed by atoms with Gasteiger partial charge in [0.25, 0.3) is 5.91 Å². The van der Waals surface area contributed by atoms with E-state index >= 15 is 0 Å². The molecule has 3 rings (SSSR count). The van der Waals surface area contributed by atoms with Gasteiger partial charge in [0.15, 0.2) is 18.1 Å². The summed E-state index contributed by atoms with van der Waals surface area (Å²) in [6, 6.07) is 5.00. The number of carbonyl (C=O) groups is 2. The third-order valence-corrected chi connectivity index (χ3v) is 6.31. The minimum absolute atomic E-state index is 0.0158. The number of morpholine rings is 1. The second kappa shape index (κ2) is 11.3. The van der Waals surface area contributed by atoms with Gasteiger partial charge in [-0.1, -0.05) is 25.3 Å². The number of nitrogens with zero attached hydrogens (tertiary/aromatic N) is 1. The minimum Gasteiger partial charge on any atom is -0.504 e. The molecular formula is C23H34N2O6. The number of phenolic OH excluding ortho intramolecular Hbond substituents is 1. The zero-order chi connectivity index (χ0) is 22.1. The molecule has 0 spiro atoms. The Balaban J connectivity index is 1.41. The smallest absolute Gasteiger partial charge is 0.306 e. The van der Waals surface area contributed by atoms with Gasteiger partial charge < -0.3 is 24.6 Å². The Kier molecular flexibility index (Phi) is 8.54. The van der Waals surface area contributed by atoms with Gasteiger partial charge in [-0.05, 0) is 37.0 Å². The number of rotatable bonds is 9. The quantitative estimate of drug-likeness (QED) is 0.574. The van der Waals surface area contributed by atoms with Crippen molar-refractivity contribution in [2.75, 3.05) is 46.6 Å². The van der Waals surface area contributed by atoms with Crippen LogP contribution >= 0.6 is 0 Å². The fraction of sp³-hybridized carbons (Fsp3) is 0.652. The van der Waals surface area contributed by atoms with Crippen molar-refractivity contribution in [1.29, 1.82) is 0 Å². The highest BCUT2D eigenvalue weighted by atomic mass is 16.5. The molecule has 1 aliphatic carbocycles. The lowest BCUT2D eigenvalue weighted by atomic mass is 9.79. The zero-order valence-corrected chi connectivity index (χ0v) is 18.4. The molecule has 0 unspecified atom stereocenters. The molecule has 1 saturated heterocycles. The summed E-state index contributed by atoms with van der Waals surface area (Å²) in [4.78, 5) is 26.8. The molecule has 31 heavy (non-hydrogen) atoms. The number of amides is 1. The maximum absolute atomic E-state index is 12.3. The summed E-state index contributed by atoms with van der Waals surface area (Å²) in [5, 5.41) is 12.8. The van der Waals surface area contributed by atoms with Crippen molar-refractivity contribution in [3.05, 3.63) is 23.8 Å². The lowest BCUT2D eigenvalue weighted by Gasteiger charge is -2.48. The maximum Gasteiger partial charge on any atom is 0.306 e. The van der Waals surface area contributed by atoms with Crippen molar-refractivity contribution < 1.29 is 28.9 Å². The highest BCUT2D eigenvalue weighted by Gasteiger charge is 2.38. The summed E-state index contributed by atoms with van der Waals surface area (Å²) in [6.45, 7) is 3.57. The summed E-state index contributed by atoms with van der Waals surface area (Å²) in [5.74, 6) is -0.292. The van der Waals surface area contributed by atoms with Crippen LogP contribution in [-0.2, 0) is 25.5 Å². The van der Waals surface area contributed by atoms with E-state index in [4.69, 9.17) is 14.2 Å². The normalized spacial score (nSPS) is 18.9. The van der Waals surface area contributed by atoms with Gasteiger partial charge in [0.1, 0.15) is 0 Å². The predicted molar refractivity (Wildman–Crippen MR) is 115 cm³/mol. The van der Waals surface area contributed by atoms with Crippen LogP contribution in [0.5, 0.6) is 11.5 Å². The van der Waals surface area contributed by atoms with Crippen molar-refractivity contribution >= 4 is 11.9 Å². The molecule has 1 aliphatic heterocycles. The molecule has 0 bridgehead atoms. The number of aromatic hydroxyl groups is 1. The molecule has 1 aromatic rings. The number of benzene rings is 1. The number of phenols is 1. The van der Waals surface area contributed by atoms with Gasteiger partial charge in [0, 0.05) is 31.6 Å². The number of carbonyl (C=O) groups excluding carboxylic acids is 2. The van der Waals surface area contributed by atoms with Crippen LogP contribution in [0.4, 0.5) is 0 Å². The fourth-order valence-corrected chi connectivity index (χ4v) is 4.52. The van der Waals surface area contributed by atoms with Crippen LogP contribution in [0, 0.1) is 0 Å². The Morgan fingerprint density at radius 3 is 2.61 bits per heavy atom. The standard InChI is InChI=1S/C23H34N2O6/c1-29-20-7-5-18(15-19(20)26)6-8-22(28)31-16-21(27)24-17-23(9-3-2-4-10-23)25-11-13-30-14-12-25/h5,7,15,26H,2-4,6,8-14,16-17H2,1H3,(H,24,27). The monoisotopic (exact) mass is 434 g/mol. The second-order valence-corrected chi connectivity index (χ2v) is 8.33. The van der Waals surface area contributed by atoms with E-state index in [1.165, 1.54) is 26.4 Å². The van der Waals surface area contributed by atoms with Crippen LogP contribution in [0.25, 0.3) is 0 Å². The minimum atomic E-state index is -0.439. The molecule has 0 radical (unpaired) electrons. The number of ether oxygens (including phenoxy) is 3. The topological polar surface area (TPSA) is 97.3 Å². The van der Waals surface area contributed by atoms with Gasteiger partial charge in [-0.15, -0.1) is 0 Å². The van der Waals surface area contributed by atoms with Gasteiger partial charge in [0.2, 0.25) is 0 Å². The number of aryl methyl sites for hydroxylation is 1. The van der Waals surface area contributed by atoms with Crippen molar-refractivity contribution in [2.45, 2.75) is 50.5 Å².